The van der Waals surface area contributed by atoms with Crippen molar-refractivity contribution in [3.05, 3.63) is 211 Å². The summed E-state index contributed by atoms with van der Waals surface area (Å²) in [6.45, 7) is 2.36. The van der Waals surface area contributed by atoms with Gasteiger partial charge >= 0.3 is 0 Å². The number of furan rings is 1. The Balaban J connectivity index is 1.06. The van der Waals surface area contributed by atoms with Crippen molar-refractivity contribution >= 4 is 98.4 Å². The molecule has 0 radical (unpaired) electrons. The molecule has 0 aliphatic carbocycles. The lowest BCUT2D eigenvalue weighted by atomic mass is 9.87. The molecule has 3 heterocycles. The molecule has 4 nitrogen and oxygen atoms in total. The number of hydrogen-bond acceptors (Lipinski definition) is 3. The molecular formula is C59H41N3O. The molecule has 63 heavy (non-hydrogen) atoms. The summed E-state index contributed by atoms with van der Waals surface area (Å²) in [6.07, 6.45) is 1.72. The van der Waals surface area contributed by atoms with E-state index >= 15 is 0 Å². The standard InChI is InChI=1S/C59H41N3O/c1-36-23-30-52(60-59(39-15-3-2-4-16-39)61-56(36)43-27-28-46-42(31-43)25-24-37-13-7-9-19-45(37)46)44-33-51-49-29-26-38-14-8-10-20-47(38)57(49)63-58(51)55(35-44)62-53-22-12-11-21-48(53)50-32-40-17-5-6-18-41(40)34-54(50)62/h2-22,24-29,31-36,56H,23,30H2,1H3. The Morgan fingerprint density at radius 2 is 1.11 bits per heavy atom. The molecule has 2 atom stereocenters. The van der Waals surface area contributed by atoms with Crippen LogP contribution in [0.5, 0.6) is 0 Å². The first-order chi connectivity index (χ1) is 31.1. The second-order valence-electron chi connectivity index (χ2n) is 17.3. The van der Waals surface area contributed by atoms with Gasteiger partial charge in [0.25, 0.3) is 0 Å². The summed E-state index contributed by atoms with van der Waals surface area (Å²) in [6, 6.07) is 70.2. The van der Waals surface area contributed by atoms with Gasteiger partial charge in [-0.05, 0) is 110 Å². The number of benzene rings is 10. The number of amidine groups is 1. The third-order valence-corrected chi connectivity index (χ3v) is 13.6. The van der Waals surface area contributed by atoms with E-state index in [9.17, 15) is 0 Å². The van der Waals surface area contributed by atoms with E-state index in [4.69, 9.17) is 14.4 Å². The molecule has 0 fully saturated rings. The molecule has 0 saturated heterocycles. The van der Waals surface area contributed by atoms with Crippen LogP contribution in [0.25, 0.3) is 92.5 Å². The first-order valence-electron chi connectivity index (χ1n) is 22.1. The first kappa shape index (κ1) is 35.9. The third kappa shape index (κ3) is 5.75. The Bertz CT molecular complexity index is 3890. The molecule has 298 valence electrons. The summed E-state index contributed by atoms with van der Waals surface area (Å²) in [5.74, 6) is 1.01. The van der Waals surface area contributed by atoms with E-state index in [1.54, 1.807) is 0 Å². The van der Waals surface area contributed by atoms with E-state index in [1.165, 1.54) is 48.7 Å². The zero-order valence-electron chi connectivity index (χ0n) is 34.8. The van der Waals surface area contributed by atoms with Gasteiger partial charge in [0.15, 0.2) is 11.4 Å². The summed E-state index contributed by atoms with van der Waals surface area (Å²) in [7, 11) is 0. The van der Waals surface area contributed by atoms with Gasteiger partial charge < -0.3 is 8.98 Å². The zero-order valence-corrected chi connectivity index (χ0v) is 34.8. The Kier molecular flexibility index (Phi) is 8.04. The average molecular weight is 808 g/mol. The van der Waals surface area contributed by atoms with Crippen LogP contribution >= 0.6 is 0 Å². The van der Waals surface area contributed by atoms with E-state index in [0.29, 0.717) is 0 Å². The van der Waals surface area contributed by atoms with Crippen LogP contribution in [0.2, 0.25) is 0 Å². The number of rotatable bonds is 4. The van der Waals surface area contributed by atoms with Gasteiger partial charge in [0.1, 0.15) is 5.58 Å². The zero-order chi connectivity index (χ0) is 41.6. The van der Waals surface area contributed by atoms with Crippen LogP contribution in [0.15, 0.2) is 209 Å². The fraction of sp³-hybridized carbons (Fsp3) is 0.0847. The van der Waals surface area contributed by atoms with Gasteiger partial charge in [-0.25, -0.2) is 4.99 Å². The van der Waals surface area contributed by atoms with Gasteiger partial charge in [-0.3, -0.25) is 4.99 Å². The summed E-state index contributed by atoms with van der Waals surface area (Å²) in [5.41, 5.74) is 9.38. The van der Waals surface area contributed by atoms with Crippen LogP contribution in [0.3, 0.4) is 0 Å². The van der Waals surface area contributed by atoms with E-state index in [-0.39, 0.29) is 12.0 Å². The van der Waals surface area contributed by atoms with Gasteiger partial charge in [0.2, 0.25) is 0 Å². The molecule has 2 unspecified atom stereocenters. The van der Waals surface area contributed by atoms with Crippen molar-refractivity contribution in [1.82, 2.24) is 4.57 Å². The van der Waals surface area contributed by atoms with Crippen molar-refractivity contribution in [3.8, 4) is 5.69 Å². The minimum atomic E-state index is -0.0575. The van der Waals surface area contributed by atoms with Crippen molar-refractivity contribution in [2.75, 3.05) is 0 Å². The van der Waals surface area contributed by atoms with E-state index in [1.807, 2.05) is 0 Å². The lowest BCUT2D eigenvalue weighted by Gasteiger charge is -2.25. The molecule has 0 amide bonds. The number of para-hydroxylation sites is 1. The van der Waals surface area contributed by atoms with Crippen molar-refractivity contribution in [1.29, 1.82) is 0 Å². The van der Waals surface area contributed by atoms with Crippen LogP contribution in [-0.2, 0) is 0 Å². The highest BCUT2D eigenvalue weighted by atomic mass is 16.3. The average Bonchev–Trinajstić information content (AvgIpc) is 3.87. The van der Waals surface area contributed by atoms with E-state index < -0.39 is 0 Å². The Labute approximate surface area is 364 Å². The molecule has 1 aliphatic heterocycles. The van der Waals surface area contributed by atoms with Crippen molar-refractivity contribution in [3.63, 3.8) is 0 Å². The van der Waals surface area contributed by atoms with Crippen LogP contribution in [0, 0.1) is 5.92 Å². The predicted molar refractivity (Wildman–Crippen MR) is 265 cm³/mol. The molecule has 10 aromatic carbocycles. The van der Waals surface area contributed by atoms with Crippen molar-refractivity contribution < 1.29 is 4.42 Å². The van der Waals surface area contributed by atoms with Crippen LogP contribution < -0.4 is 0 Å². The molecule has 0 bridgehead atoms. The minimum Gasteiger partial charge on any atom is -0.453 e. The second-order valence-corrected chi connectivity index (χ2v) is 17.3. The Hall–Kier alpha value is -7.82. The van der Waals surface area contributed by atoms with Crippen molar-refractivity contribution in [2.45, 2.75) is 25.8 Å². The topological polar surface area (TPSA) is 42.8 Å². The predicted octanol–water partition coefficient (Wildman–Crippen LogP) is 15.7. The largest absolute Gasteiger partial charge is 0.453 e. The molecule has 1 aliphatic rings. The van der Waals surface area contributed by atoms with Gasteiger partial charge in [0, 0.05) is 32.5 Å². The molecule has 12 aromatic rings. The van der Waals surface area contributed by atoms with Crippen LogP contribution in [-0.4, -0.2) is 16.1 Å². The molecule has 4 heteroatoms. The number of aromatic nitrogens is 1. The van der Waals surface area contributed by atoms with Gasteiger partial charge in [-0.15, -0.1) is 0 Å². The molecule has 13 rings (SSSR count). The summed E-state index contributed by atoms with van der Waals surface area (Å²) in [5, 5.41) is 14.3. The quantitative estimate of drug-likeness (QED) is 0.163. The maximum absolute atomic E-state index is 7.13. The summed E-state index contributed by atoms with van der Waals surface area (Å²) in [4.78, 5) is 11.3. The Morgan fingerprint density at radius 3 is 1.95 bits per heavy atom. The van der Waals surface area contributed by atoms with E-state index in [0.717, 1.165) is 84.9 Å². The molecule has 0 N–H and O–H groups in total. The lowest BCUT2D eigenvalue weighted by Crippen LogP contribution is -2.18. The summed E-state index contributed by atoms with van der Waals surface area (Å²) >= 11 is 0. The monoisotopic (exact) mass is 807 g/mol. The van der Waals surface area contributed by atoms with Gasteiger partial charge in [-0.2, -0.15) is 0 Å². The lowest BCUT2D eigenvalue weighted by molar-refractivity contribution is 0.446. The maximum atomic E-state index is 7.13. The number of nitrogens with zero attached hydrogens (tertiary/aromatic N) is 3. The summed E-state index contributed by atoms with van der Waals surface area (Å²) < 4.78 is 9.55. The van der Waals surface area contributed by atoms with Gasteiger partial charge in [-0.1, -0.05) is 159 Å². The Morgan fingerprint density at radius 1 is 0.460 bits per heavy atom. The fourth-order valence-electron chi connectivity index (χ4n) is 10.4. The first-order valence-corrected chi connectivity index (χ1v) is 22.1. The highest BCUT2D eigenvalue weighted by Crippen LogP contribution is 2.43. The third-order valence-electron chi connectivity index (χ3n) is 13.6. The van der Waals surface area contributed by atoms with Crippen LogP contribution in [0.1, 0.15) is 42.5 Å². The molecular weight excluding hydrogens is 767 g/mol. The normalized spacial score (nSPS) is 16.1. The minimum absolute atomic E-state index is 0.0575. The van der Waals surface area contributed by atoms with Crippen molar-refractivity contribution in [2.24, 2.45) is 15.9 Å². The van der Waals surface area contributed by atoms with E-state index in [2.05, 4.69) is 206 Å². The maximum Gasteiger partial charge on any atom is 0.159 e. The SMILES string of the molecule is CC1CCC(c2cc(-n3c4ccccc4c4cc5ccccc5cc43)c3oc4c5ccccc5ccc4c3c2)=NC(c2ccccc2)=NC1c1ccc2c(ccc3ccccc32)c1. The molecule has 2 aromatic heterocycles. The number of hydrogen-bond donors (Lipinski definition) is 0. The number of fused-ring (bicyclic) bond motifs is 12. The number of aliphatic imine (C=N–C) groups is 2. The fourth-order valence-corrected chi connectivity index (χ4v) is 10.4. The smallest absolute Gasteiger partial charge is 0.159 e. The van der Waals surface area contributed by atoms with Crippen LogP contribution in [0.4, 0.5) is 0 Å². The van der Waals surface area contributed by atoms with Gasteiger partial charge in [0.05, 0.1) is 28.5 Å². The molecule has 0 spiro atoms. The molecule has 0 saturated carbocycles. The highest BCUT2D eigenvalue weighted by Gasteiger charge is 2.26. The highest BCUT2D eigenvalue weighted by molar-refractivity contribution is 6.21. The second kappa shape index (κ2) is 14.1.